The molecule has 1 aliphatic rings. The van der Waals surface area contributed by atoms with Crippen molar-refractivity contribution in [1.82, 2.24) is 0 Å². The standard InChI is InChI=1S/C15H16/c1-5-11-12-9-7-8-10-14(12)15(3,4)13(11)6-2/h5-10H,1-2H2,3-4H3. The van der Waals surface area contributed by atoms with Crippen LogP contribution in [-0.4, -0.2) is 0 Å². The second kappa shape index (κ2) is 3.23. The molecular weight excluding hydrogens is 180 g/mol. The molecule has 1 aromatic carbocycles. The first-order chi connectivity index (χ1) is 7.12. The Morgan fingerprint density at radius 1 is 1.07 bits per heavy atom. The Kier molecular flexibility index (Phi) is 2.15. The summed E-state index contributed by atoms with van der Waals surface area (Å²) in [5.74, 6) is 0. The third kappa shape index (κ3) is 1.21. The number of benzene rings is 1. The van der Waals surface area contributed by atoms with E-state index in [0.717, 1.165) is 0 Å². The van der Waals surface area contributed by atoms with Gasteiger partial charge in [0, 0.05) is 5.41 Å². The Balaban J connectivity index is 2.79. The van der Waals surface area contributed by atoms with Gasteiger partial charge in [0.1, 0.15) is 0 Å². The van der Waals surface area contributed by atoms with Gasteiger partial charge in [0.05, 0.1) is 0 Å². The van der Waals surface area contributed by atoms with Crippen LogP contribution in [-0.2, 0) is 5.41 Å². The van der Waals surface area contributed by atoms with E-state index < -0.39 is 0 Å². The van der Waals surface area contributed by atoms with E-state index in [1.165, 1.54) is 22.3 Å². The minimum Gasteiger partial charge on any atom is -0.0987 e. The molecule has 0 aliphatic heterocycles. The molecule has 0 heteroatoms. The SMILES string of the molecule is C=CC1=C(C=C)C(C)(C)c2ccccc21. The lowest BCUT2D eigenvalue weighted by atomic mass is 9.81. The van der Waals surface area contributed by atoms with Gasteiger partial charge in [-0.15, -0.1) is 0 Å². The molecule has 0 saturated heterocycles. The molecule has 0 aromatic heterocycles. The largest absolute Gasteiger partial charge is 0.0987 e. The van der Waals surface area contributed by atoms with E-state index in [1.807, 2.05) is 12.2 Å². The Morgan fingerprint density at radius 3 is 2.33 bits per heavy atom. The fourth-order valence-electron chi connectivity index (χ4n) is 2.47. The van der Waals surface area contributed by atoms with Crippen LogP contribution in [0.15, 0.2) is 55.1 Å². The van der Waals surface area contributed by atoms with E-state index in [1.54, 1.807) is 0 Å². The summed E-state index contributed by atoms with van der Waals surface area (Å²) >= 11 is 0. The maximum Gasteiger partial charge on any atom is 0.0158 e. The predicted molar refractivity (Wildman–Crippen MR) is 66.8 cm³/mol. The van der Waals surface area contributed by atoms with E-state index in [2.05, 4.69) is 51.3 Å². The van der Waals surface area contributed by atoms with Crippen molar-refractivity contribution in [3.63, 3.8) is 0 Å². The average Bonchev–Trinajstić information content (AvgIpc) is 2.46. The van der Waals surface area contributed by atoms with Gasteiger partial charge in [-0.05, 0) is 22.3 Å². The Bertz CT molecular complexity index is 459. The summed E-state index contributed by atoms with van der Waals surface area (Å²) in [7, 11) is 0. The topological polar surface area (TPSA) is 0 Å². The summed E-state index contributed by atoms with van der Waals surface area (Å²) in [6.07, 6.45) is 3.89. The first-order valence-corrected chi connectivity index (χ1v) is 5.22. The quantitative estimate of drug-likeness (QED) is 0.668. The van der Waals surface area contributed by atoms with Gasteiger partial charge in [-0.3, -0.25) is 0 Å². The smallest absolute Gasteiger partial charge is 0.0158 e. The van der Waals surface area contributed by atoms with Crippen LogP contribution in [0, 0.1) is 0 Å². The molecule has 0 heterocycles. The number of hydrogen-bond acceptors (Lipinski definition) is 0. The van der Waals surface area contributed by atoms with Gasteiger partial charge in [0.15, 0.2) is 0 Å². The van der Waals surface area contributed by atoms with E-state index in [9.17, 15) is 0 Å². The zero-order chi connectivity index (χ0) is 11.1. The van der Waals surface area contributed by atoms with E-state index in [4.69, 9.17) is 0 Å². The molecule has 2 rings (SSSR count). The van der Waals surface area contributed by atoms with E-state index in [-0.39, 0.29) is 5.41 Å². The second-order valence-electron chi connectivity index (χ2n) is 4.41. The van der Waals surface area contributed by atoms with E-state index in [0.29, 0.717) is 0 Å². The highest BCUT2D eigenvalue weighted by Crippen LogP contribution is 2.46. The zero-order valence-electron chi connectivity index (χ0n) is 9.38. The summed E-state index contributed by atoms with van der Waals surface area (Å²) in [5, 5.41) is 0. The normalized spacial score (nSPS) is 17.5. The van der Waals surface area contributed by atoms with Crippen LogP contribution in [0.4, 0.5) is 0 Å². The molecule has 0 unspecified atom stereocenters. The minimum absolute atomic E-state index is 0.0574. The Labute approximate surface area is 91.6 Å². The molecule has 15 heavy (non-hydrogen) atoms. The zero-order valence-corrected chi connectivity index (χ0v) is 9.38. The summed E-state index contributed by atoms with van der Waals surface area (Å²) in [4.78, 5) is 0. The Hall–Kier alpha value is -1.56. The van der Waals surface area contributed by atoms with Crippen LogP contribution in [0.5, 0.6) is 0 Å². The Morgan fingerprint density at radius 2 is 1.73 bits per heavy atom. The van der Waals surface area contributed by atoms with Crippen molar-refractivity contribution in [2.24, 2.45) is 0 Å². The van der Waals surface area contributed by atoms with Crippen molar-refractivity contribution in [3.8, 4) is 0 Å². The molecule has 0 nitrogen and oxygen atoms in total. The molecule has 1 aromatic rings. The van der Waals surface area contributed by atoms with Crippen molar-refractivity contribution in [3.05, 3.63) is 66.3 Å². The molecule has 0 amide bonds. The van der Waals surface area contributed by atoms with Crippen molar-refractivity contribution in [2.45, 2.75) is 19.3 Å². The summed E-state index contributed by atoms with van der Waals surface area (Å²) in [5.41, 5.74) is 5.23. The third-order valence-corrected chi connectivity index (χ3v) is 3.26. The fourth-order valence-corrected chi connectivity index (χ4v) is 2.47. The van der Waals surface area contributed by atoms with Gasteiger partial charge in [-0.25, -0.2) is 0 Å². The first kappa shape index (κ1) is 9.97. The lowest BCUT2D eigenvalue weighted by Crippen LogP contribution is -2.15. The molecule has 0 atom stereocenters. The van der Waals surface area contributed by atoms with Gasteiger partial charge >= 0.3 is 0 Å². The van der Waals surface area contributed by atoms with Crippen LogP contribution < -0.4 is 0 Å². The highest BCUT2D eigenvalue weighted by molar-refractivity contribution is 5.87. The highest BCUT2D eigenvalue weighted by Gasteiger charge is 2.34. The summed E-state index contributed by atoms with van der Waals surface area (Å²) < 4.78 is 0. The first-order valence-electron chi connectivity index (χ1n) is 5.22. The number of hydrogen-bond donors (Lipinski definition) is 0. The molecule has 76 valence electrons. The fraction of sp³-hybridized carbons (Fsp3) is 0.200. The predicted octanol–water partition coefficient (Wildman–Crippen LogP) is 4.10. The lowest BCUT2D eigenvalue weighted by molar-refractivity contribution is 0.654. The minimum atomic E-state index is 0.0574. The van der Waals surface area contributed by atoms with Gasteiger partial charge in [0.2, 0.25) is 0 Å². The lowest BCUT2D eigenvalue weighted by Gasteiger charge is -2.22. The van der Waals surface area contributed by atoms with Crippen LogP contribution >= 0.6 is 0 Å². The molecule has 0 saturated carbocycles. The van der Waals surface area contributed by atoms with Crippen LogP contribution in [0.3, 0.4) is 0 Å². The monoisotopic (exact) mass is 196 g/mol. The highest BCUT2D eigenvalue weighted by atomic mass is 14.4. The van der Waals surface area contributed by atoms with Gasteiger partial charge in [0.25, 0.3) is 0 Å². The van der Waals surface area contributed by atoms with Gasteiger partial charge < -0.3 is 0 Å². The van der Waals surface area contributed by atoms with Crippen molar-refractivity contribution < 1.29 is 0 Å². The molecule has 0 fully saturated rings. The maximum absolute atomic E-state index is 3.91. The van der Waals surface area contributed by atoms with Gasteiger partial charge in [-0.2, -0.15) is 0 Å². The molecular formula is C15H16. The maximum atomic E-state index is 3.91. The van der Waals surface area contributed by atoms with Gasteiger partial charge in [-0.1, -0.05) is 63.4 Å². The third-order valence-electron chi connectivity index (χ3n) is 3.26. The van der Waals surface area contributed by atoms with E-state index >= 15 is 0 Å². The number of allylic oxidation sites excluding steroid dienone is 4. The van der Waals surface area contributed by atoms with Crippen molar-refractivity contribution in [2.75, 3.05) is 0 Å². The molecule has 0 bridgehead atoms. The molecule has 1 aliphatic carbocycles. The molecule has 0 radical (unpaired) electrons. The number of rotatable bonds is 2. The van der Waals surface area contributed by atoms with Crippen molar-refractivity contribution >= 4 is 5.57 Å². The molecule has 0 spiro atoms. The second-order valence-corrected chi connectivity index (χ2v) is 4.41. The van der Waals surface area contributed by atoms with Crippen LogP contribution in [0.2, 0.25) is 0 Å². The molecule has 0 N–H and O–H groups in total. The summed E-state index contributed by atoms with van der Waals surface area (Å²) in [6, 6.07) is 8.51. The van der Waals surface area contributed by atoms with Crippen LogP contribution in [0.1, 0.15) is 25.0 Å². The average molecular weight is 196 g/mol. The van der Waals surface area contributed by atoms with Crippen LogP contribution in [0.25, 0.3) is 5.57 Å². The number of fused-ring (bicyclic) bond motifs is 1. The van der Waals surface area contributed by atoms with Crippen molar-refractivity contribution in [1.29, 1.82) is 0 Å². The summed E-state index contributed by atoms with van der Waals surface area (Å²) in [6.45, 7) is 12.3.